The summed E-state index contributed by atoms with van der Waals surface area (Å²) in [5.74, 6) is -1.05. The highest BCUT2D eigenvalue weighted by atomic mass is 16.6. The van der Waals surface area contributed by atoms with Crippen molar-refractivity contribution in [3.8, 4) is 0 Å². The fraction of sp³-hybridized carbons (Fsp3) is 0.333. The van der Waals surface area contributed by atoms with Gasteiger partial charge >= 0.3 is 12.1 Å². The Hall–Kier alpha value is -3.72. The number of aliphatic hydroxyl groups excluding tert-OH is 2. The Bertz CT molecular complexity index is 1070. The number of carbonyl (C=O) groups is 2. The van der Waals surface area contributed by atoms with Gasteiger partial charge in [0, 0.05) is 0 Å². The molecular formula is C30H35NO7. The van der Waals surface area contributed by atoms with Crippen LogP contribution in [0.15, 0.2) is 91.0 Å². The molecular weight excluding hydrogens is 486 g/mol. The molecule has 0 aliphatic heterocycles. The van der Waals surface area contributed by atoms with Gasteiger partial charge in [-0.3, -0.25) is 0 Å². The molecule has 0 aromatic heterocycles. The molecule has 3 atom stereocenters. The lowest BCUT2D eigenvalue weighted by Crippen LogP contribution is -2.55. The Morgan fingerprint density at radius 2 is 1.21 bits per heavy atom. The van der Waals surface area contributed by atoms with Crippen molar-refractivity contribution in [3.63, 3.8) is 0 Å². The Labute approximate surface area is 223 Å². The number of nitrogens with one attached hydrogen (secondary N) is 1. The van der Waals surface area contributed by atoms with E-state index < -0.39 is 41.5 Å². The van der Waals surface area contributed by atoms with Crippen LogP contribution in [0.3, 0.4) is 0 Å². The van der Waals surface area contributed by atoms with Crippen molar-refractivity contribution < 1.29 is 34.0 Å². The van der Waals surface area contributed by atoms with E-state index in [2.05, 4.69) is 10.1 Å². The Balaban J connectivity index is 2.08. The van der Waals surface area contributed by atoms with E-state index in [1.807, 2.05) is 91.0 Å². The van der Waals surface area contributed by atoms with E-state index in [9.17, 15) is 19.8 Å². The topological polar surface area (TPSA) is 114 Å². The lowest BCUT2D eigenvalue weighted by Gasteiger charge is -2.38. The average Bonchev–Trinajstić information content (AvgIpc) is 2.92. The zero-order valence-corrected chi connectivity index (χ0v) is 22.0. The smallest absolute Gasteiger partial charge is 0.408 e. The predicted molar refractivity (Wildman–Crippen MR) is 142 cm³/mol. The maximum atomic E-state index is 12.7. The Morgan fingerprint density at radius 3 is 1.58 bits per heavy atom. The highest BCUT2D eigenvalue weighted by molar-refractivity contribution is 5.75. The van der Waals surface area contributed by atoms with Gasteiger partial charge in [-0.1, -0.05) is 91.0 Å². The minimum atomic E-state index is -1.93. The second kappa shape index (κ2) is 12.7. The third-order valence-electron chi connectivity index (χ3n) is 5.90. The van der Waals surface area contributed by atoms with Gasteiger partial charge in [0.15, 0.2) is 6.10 Å². The van der Waals surface area contributed by atoms with E-state index in [1.54, 1.807) is 20.8 Å². The van der Waals surface area contributed by atoms with Crippen LogP contribution in [-0.4, -0.2) is 59.8 Å². The second-order valence-corrected chi connectivity index (χ2v) is 9.80. The van der Waals surface area contributed by atoms with E-state index in [-0.39, 0.29) is 6.61 Å². The summed E-state index contributed by atoms with van der Waals surface area (Å²) in [5, 5.41) is 23.9. The molecule has 0 heterocycles. The van der Waals surface area contributed by atoms with Crippen LogP contribution in [0.5, 0.6) is 0 Å². The summed E-state index contributed by atoms with van der Waals surface area (Å²) >= 11 is 0. The first-order valence-electron chi connectivity index (χ1n) is 12.3. The molecule has 0 radical (unpaired) electrons. The molecule has 0 bridgehead atoms. The lowest BCUT2D eigenvalue weighted by atomic mass is 9.80. The first kappa shape index (κ1) is 28.8. The maximum absolute atomic E-state index is 12.7. The first-order valence-corrected chi connectivity index (χ1v) is 12.3. The highest BCUT2D eigenvalue weighted by Gasteiger charge is 2.41. The Kier molecular flexibility index (Phi) is 9.63. The summed E-state index contributed by atoms with van der Waals surface area (Å²) < 4.78 is 16.6. The number of rotatable bonds is 10. The molecule has 3 rings (SSSR count). The number of alkyl carbamates (subject to hydrolysis) is 1. The molecule has 0 spiro atoms. The molecule has 3 aromatic rings. The monoisotopic (exact) mass is 521 g/mol. The van der Waals surface area contributed by atoms with Gasteiger partial charge in [0.05, 0.1) is 19.8 Å². The SMILES string of the molecule is COC(=O)[C@H](O)[C@@H](O)[C@@H](COC(c1ccccc1)(c1ccccc1)c1ccccc1)NC(=O)OC(C)(C)C. The minimum Gasteiger partial charge on any atom is -0.467 e. The minimum absolute atomic E-state index is 0.298. The number of hydrogen-bond acceptors (Lipinski definition) is 7. The zero-order valence-electron chi connectivity index (χ0n) is 22.0. The van der Waals surface area contributed by atoms with Crippen molar-refractivity contribution >= 4 is 12.1 Å². The third-order valence-corrected chi connectivity index (χ3v) is 5.90. The fourth-order valence-electron chi connectivity index (χ4n) is 4.15. The number of aliphatic hydroxyl groups is 2. The second-order valence-electron chi connectivity index (χ2n) is 9.80. The highest BCUT2D eigenvalue weighted by Crippen LogP contribution is 2.40. The quantitative estimate of drug-likeness (QED) is 0.275. The third kappa shape index (κ3) is 6.98. The summed E-state index contributed by atoms with van der Waals surface area (Å²) in [6.07, 6.45) is -4.52. The van der Waals surface area contributed by atoms with E-state index in [0.29, 0.717) is 0 Å². The molecule has 3 aromatic carbocycles. The van der Waals surface area contributed by atoms with Gasteiger partial charge < -0.3 is 29.7 Å². The number of ether oxygens (including phenoxy) is 3. The van der Waals surface area contributed by atoms with Crippen LogP contribution in [0, 0.1) is 0 Å². The molecule has 0 saturated heterocycles. The van der Waals surface area contributed by atoms with Crippen molar-refractivity contribution in [1.29, 1.82) is 0 Å². The number of carbonyl (C=O) groups excluding carboxylic acids is 2. The van der Waals surface area contributed by atoms with Crippen LogP contribution < -0.4 is 5.32 Å². The van der Waals surface area contributed by atoms with Crippen LogP contribution >= 0.6 is 0 Å². The number of methoxy groups -OCH3 is 1. The average molecular weight is 522 g/mol. The van der Waals surface area contributed by atoms with Crippen LogP contribution in [0.2, 0.25) is 0 Å². The largest absolute Gasteiger partial charge is 0.467 e. The van der Waals surface area contributed by atoms with Crippen molar-refractivity contribution in [2.45, 2.75) is 50.2 Å². The molecule has 3 N–H and O–H groups in total. The van der Waals surface area contributed by atoms with Gasteiger partial charge in [-0.2, -0.15) is 0 Å². The van der Waals surface area contributed by atoms with E-state index in [0.717, 1.165) is 23.8 Å². The standard InChI is InChI=1S/C30H35NO7/c1-29(2,3)38-28(35)31-24(25(32)26(33)27(34)36-4)20-37-30(21-14-8-5-9-15-21,22-16-10-6-11-17-22)23-18-12-7-13-19-23/h5-19,24-26,32-33H,20H2,1-4H3,(H,31,35)/t24-,25+,26-/m1/s1. The number of hydrogen-bond donors (Lipinski definition) is 3. The maximum Gasteiger partial charge on any atom is 0.408 e. The van der Waals surface area contributed by atoms with Crippen LogP contribution in [0.1, 0.15) is 37.5 Å². The predicted octanol–water partition coefficient (Wildman–Crippen LogP) is 3.78. The van der Waals surface area contributed by atoms with Gasteiger partial charge in [-0.25, -0.2) is 9.59 Å². The van der Waals surface area contributed by atoms with Crippen molar-refractivity contribution in [1.82, 2.24) is 5.32 Å². The molecule has 8 heteroatoms. The van der Waals surface area contributed by atoms with Crippen LogP contribution in [0.4, 0.5) is 4.79 Å². The van der Waals surface area contributed by atoms with Crippen LogP contribution in [-0.2, 0) is 24.6 Å². The number of esters is 1. The van der Waals surface area contributed by atoms with Crippen LogP contribution in [0.25, 0.3) is 0 Å². The van der Waals surface area contributed by atoms with Crippen molar-refractivity contribution in [2.75, 3.05) is 13.7 Å². The summed E-state index contributed by atoms with van der Waals surface area (Å²) in [6, 6.07) is 27.4. The van der Waals surface area contributed by atoms with Gasteiger partial charge in [0.25, 0.3) is 0 Å². The molecule has 0 unspecified atom stereocenters. The summed E-state index contributed by atoms with van der Waals surface area (Å²) in [5.41, 5.74) is 0.431. The molecule has 8 nitrogen and oxygen atoms in total. The lowest BCUT2D eigenvalue weighted by molar-refractivity contribution is -0.159. The summed E-state index contributed by atoms with van der Waals surface area (Å²) in [7, 11) is 1.09. The van der Waals surface area contributed by atoms with Crippen molar-refractivity contribution in [2.24, 2.45) is 0 Å². The molecule has 0 fully saturated rings. The molecule has 0 saturated carbocycles. The van der Waals surface area contributed by atoms with Gasteiger partial charge in [0.2, 0.25) is 0 Å². The fourth-order valence-corrected chi connectivity index (χ4v) is 4.15. The summed E-state index contributed by atoms with van der Waals surface area (Å²) in [6.45, 7) is 4.79. The molecule has 202 valence electrons. The van der Waals surface area contributed by atoms with E-state index in [1.165, 1.54) is 0 Å². The van der Waals surface area contributed by atoms with Crippen molar-refractivity contribution in [3.05, 3.63) is 108 Å². The molecule has 0 aliphatic rings. The number of benzene rings is 3. The van der Waals surface area contributed by atoms with Gasteiger partial charge in [-0.05, 0) is 37.5 Å². The van der Waals surface area contributed by atoms with Gasteiger partial charge in [0.1, 0.15) is 17.3 Å². The molecule has 0 aliphatic carbocycles. The normalized spacial score (nSPS) is 14.2. The zero-order chi connectivity index (χ0) is 27.8. The van der Waals surface area contributed by atoms with E-state index in [4.69, 9.17) is 9.47 Å². The first-order chi connectivity index (χ1) is 18.1. The molecule has 38 heavy (non-hydrogen) atoms. The number of amides is 1. The van der Waals surface area contributed by atoms with Gasteiger partial charge in [-0.15, -0.1) is 0 Å². The summed E-state index contributed by atoms with van der Waals surface area (Å²) in [4.78, 5) is 24.7. The van der Waals surface area contributed by atoms with E-state index >= 15 is 0 Å². The Morgan fingerprint density at radius 1 is 0.789 bits per heavy atom. The molecule has 1 amide bonds.